The number of piperidine rings is 1. The molecule has 2 heteroatoms. The molecule has 1 aliphatic carbocycles. The monoisotopic (exact) mass is 222 g/mol. The van der Waals surface area contributed by atoms with Crippen molar-refractivity contribution < 1.29 is 0 Å². The number of likely N-dealkylation sites (tertiary alicyclic amines) is 1. The quantitative estimate of drug-likeness (QED) is 0.788. The molecule has 2 nitrogen and oxygen atoms in total. The molecule has 92 valence electrons. The zero-order valence-electron chi connectivity index (χ0n) is 10.5. The molecule has 3 aliphatic rings. The summed E-state index contributed by atoms with van der Waals surface area (Å²) in [5, 5.41) is 3.52. The van der Waals surface area contributed by atoms with Gasteiger partial charge in [0.15, 0.2) is 0 Å². The molecule has 0 aromatic carbocycles. The molecular formula is C14H26N2. The summed E-state index contributed by atoms with van der Waals surface area (Å²) < 4.78 is 0. The van der Waals surface area contributed by atoms with Crippen LogP contribution in [0.5, 0.6) is 0 Å². The number of nitrogens with zero attached hydrogens (tertiary/aromatic N) is 1. The fourth-order valence-electron chi connectivity index (χ4n) is 4.04. The number of nitrogens with one attached hydrogen (secondary N) is 1. The molecule has 1 spiro atoms. The van der Waals surface area contributed by atoms with Crippen molar-refractivity contribution >= 4 is 0 Å². The van der Waals surface area contributed by atoms with Crippen molar-refractivity contribution in [2.24, 2.45) is 11.3 Å². The van der Waals surface area contributed by atoms with Crippen molar-refractivity contribution in [3.63, 3.8) is 0 Å². The SMILES string of the molecule is C1CNCC(CCN2CC3(CCCC3)C2)C1. The van der Waals surface area contributed by atoms with Crippen molar-refractivity contribution in [2.75, 3.05) is 32.7 Å². The zero-order valence-corrected chi connectivity index (χ0v) is 10.5. The number of hydrogen-bond acceptors (Lipinski definition) is 2. The van der Waals surface area contributed by atoms with Gasteiger partial charge in [0.25, 0.3) is 0 Å². The van der Waals surface area contributed by atoms with Crippen LogP contribution in [0.1, 0.15) is 44.9 Å². The van der Waals surface area contributed by atoms with E-state index in [0.717, 1.165) is 11.3 Å². The summed E-state index contributed by atoms with van der Waals surface area (Å²) in [6.45, 7) is 6.75. The van der Waals surface area contributed by atoms with Crippen molar-refractivity contribution in [3.05, 3.63) is 0 Å². The minimum atomic E-state index is 0.796. The Labute approximate surface area is 99.8 Å². The topological polar surface area (TPSA) is 15.3 Å². The molecular weight excluding hydrogens is 196 g/mol. The lowest BCUT2D eigenvalue weighted by molar-refractivity contribution is 0.00194. The van der Waals surface area contributed by atoms with Gasteiger partial charge in [-0.05, 0) is 63.1 Å². The van der Waals surface area contributed by atoms with Crippen LogP contribution in [-0.4, -0.2) is 37.6 Å². The number of rotatable bonds is 3. The van der Waals surface area contributed by atoms with Gasteiger partial charge in [-0.15, -0.1) is 0 Å². The van der Waals surface area contributed by atoms with Crippen LogP contribution < -0.4 is 5.32 Å². The molecule has 2 heterocycles. The molecule has 3 rings (SSSR count). The summed E-state index contributed by atoms with van der Waals surface area (Å²) in [6, 6.07) is 0. The Hall–Kier alpha value is -0.0800. The van der Waals surface area contributed by atoms with Crippen LogP contribution in [0.25, 0.3) is 0 Å². The lowest BCUT2D eigenvalue weighted by Crippen LogP contribution is -2.55. The Morgan fingerprint density at radius 1 is 1.12 bits per heavy atom. The van der Waals surface area contributed by atoms with E-state index in [-0.39, 0.29) is 0 Å². The van der Waals surface area contributed by atoms with Crippen LogP contribution in [0.4, 0.5) is 0 Å². The molecule has 1 unspecified atom stereocenters. The molecule has 3 fully saturated rings. The van der Waals surface area contributed by atoms with Gasteiger partial charge in [-0.2, -0.15) is 0 Å². The first-order valence-electron chi connectivity index (χ1n) is 7.29. The van der Waals surface area contributed by atoms with Gasteiger partial charge in [-0.1, -0.05) is 12.8 Å². The maximum absolute atomic E-state index is 3.52. The second-order valence-corrected chi connectivity index (χ2v) is 6.42. The fourth-order valence-corrected chi connectivity index (χ4v) is 4.04. The normalized spacial score (nSPS) is 34.1. The Bertz CT molecular complexity index is 219. The average molecular weight is 222 g/mol. The largest absolute Gasteiger partial charge is 0.316 e. The first kappa shape index (κ1) is 11.0. The molecule has 2 saturated heterocycles. The van der Waals surface area contributed by atoms with Gasteiger partial charge in [0, 0.05) is 13.1 Å². The van der Waals surface area contributed by atoms with E-state index in [2.05, 4.69) is 10.2 Å². The van der Waals surface area contributed by atoms with E-state index in [1.807, 2.05) is 0 Å². The summed E-state index contributed by atoms with van der Waals surface area (Å²) in [4.78, 5) is 2.71. The van der Waals surface area contributed by atoms with Gasteiger partial charge in [-0.25, -0.2) is 0 Å². The van der Waals surface area contributed by atoms with Crippen LogP contribution in [0.15, 0.2) is 0 Å². The van der Waals surface area contributed by atoms with E-state index in [4.69, 9.17) is 0 Å². The van der Waals surface area contributed by atoms with E-state index in [1.54, 1.807) is 0 Å². The van der Waals surface area contributed by atoms with Crippen molar-refractivity contribution in [1.29, 1.82) is 0 Å². The third-order valence-electron chi connectivity index (χ3n) is 5.03. The Morgan fingerprint density at radius 3 is 2.62 bits per heavy atom. The predicted octanol–water partition coefficient (Wildman–Crippen LogP) is 2.25. The molecule has 0 aromatic heterocycles. The summed E-state index contributed by atoms with van der Waals surface area (Å²) >= 11 is 0. The Kier molecular flexibility index (Phi) is 3.21. The molecule has 0 bridgehead atoms. The second-order valence-electron chi connectivity index (χ2n) is 6.42. The Balaban J connectivity index is 1.35. The van der Waals surface area contributed by atoms with E-state index in [9.17, 15) is 0 Å². The van der Waals surface area contributed by atoms with Gasteiger partial charge in [0.05, 0.1) is 0 Å². The lowest BCUT2D eigenvalue weighted by Gasteiger charge is -2.49. The summed E-state index contributed by atoms with van der Waals surface area (Å²) in [5.74, 6) is 0.967. The third kappa shape index (κ3) is 2.28. The van der Waals surface area contributed by atoms with Crippen LogP contribution in [-0.2, 0) is 0 Å². The van der Waals surface area contributed by atoms with Crippen molar-refractivity contribution in [3.8, 4) is 0 Å². The van der Waals surface area contributed by atoms with Crippen molar-refractivity contribution in [1.82, 2.24) is 10.2 Å². The first-order valence-corrected chi connectivity index (χ1v) is 7.29. The van der Waals surface area contributed by atoms with Crippen LogP contribution in [0.2, 0.25) is 0 Å². The van der Waals surface area contributed by atoms with Crippen molar-refractivity contribution in [2.45, 2.75) is 44.9 Å². The first-order chi connectivity index (χ1) is 7.86. The van der Waals surface area contributed by atoms with Crippen LogP contribution >= 0.6 is 0 Å². The highest BCUT2D eigenvalue weighted by Gasteiger charge is 2.44. The highest BCUT2D eigenvalue weighted by Crippen LogP contribution is 2.45. The number of hydrogen-bond donors (Lipinski definition) is 1. The smallest absolute Gasteiger partial charge is 0.00505 e. The van der Waals surface area contributed by atoms with E-state index in [0.29, 0.717) is 0 Å². The molecule has 2 aliphatic heterocycles. The molecule has 1 atom stereocenters. The molecule has 1 N–H and O–H groups in total. The highest BCUT2D eigenvalue weighted by molar-refractivity contribution is 4.97. The van der Waals surface area contributed by atoms with E-state index >= 15 is 0 Å². The fraction of sp³-hybridized carbons (Fsp3) is 1.00. The van der Waals surface area contributed by atoms with Gasteiger partial charge in [-0.3, -0.25) is 0 Å². The van der Waals surface area contributed by atoms with Gasteiger partial charge in [0.1, 0.15) is 0 Å². The second kappa shape index (κ2) is 4.66. The summed E-state index contributed by atoms with van der Waals surface area (Å²) in [5.41, 5.74) is 0.796. The molecule has 16 heavy (non-hydrogen) atoms. The molecule has 1 saturated carbocycles. The minimum absolute atomic E-state index is 0.796. The van der Waals surface area contributed by atoms with E-state index in [1.165, 1.54) is 77.7 Å². The molecule has 0 radical (unpaired) electrons. The van der Waals surface area contributed by atoms with E-state index < -0.39 is 0 Å². The third-order valence-corrected chi connectivity index (χ3v) is 5.03. The molecule has 0 aromatic rings. The zero-order chi connectivity index (χ0) is 10.8. The minimum Gasteiger partial charge on any atom is -0.316 e. The average Bonchev–Trinajstić information content (AvgIpc) is 2.75. The summed E-state index contributed by atoms with van der Waals surface area (Å²) in [7, 11) is 0. The maximum atomic E-state index is 3.52. The van der Waals surface area contributed by atoms with Crippen LogP contribution in [0, 0.1) is 11.3 Å². The van der Waals surface area contributed by atoms with Crippen LogP contribution in [0.3, 0.4) is 0 Å². The molecule has 0 amide bonds. The highest BCUT2D eigenvalue weighted by atomic mass is 15.2. The maximum Gasteiger partial charge on any atom is 0.00505 e. The van der Waals surface area contributed by atoms with Gasteiger partial charge >= 0.3 is 0 Å². The summed E-state index contributed by atoms with van der Waals surface area (Å²) in [6.07, 6.45) is 10.3. The van der Waals surface area contributed by atoms with Gasteiger partial charge in [0.2, 0.25) is 0 Å². The predicted molar refractivity (Wildman–Crippen MR) is 67.6 cm³/mol. The van der Waals surface area contributed by atoms with Gasteiger partial charge < -0.3 is 10.2 Å². The Morgan fingerprint density at radius 2 is 1.94 bits per heavy atom. The lowest BCUT2D eigenvalue weighted by atomic mass is 9.78. The standard InChI is InChI=1S/C14H26N2/c1-2-7-14(6-1)11-16(12-14)9-5-13-4-3-8-15-10-13/h13,15H,1-12H2.